The van der Waals surface area contributed by atoms with Gasteiger partial charge in [0.15, 0.2) is 0 Å². The minimum Gasteiger partial charge on any atom is -0.495 e. The first-order valence-electron chi connectivity index (χ1n) is 5.97. The molecule has 0 saturated heterocycles. The van der Waals surface area contributed by atoms with Crippen LogP contribution in [0.25, 0.3) is 0 Å². The average molecular weight is 286 g/mol. The van der Waals surface area contributed by atoms with Crippen LogP contribution in [0.15, 0.2) is 35.7 Å². The molecule has 5 heteroatoms. The number of thiophene rings is 1. The van der Waals surface area contributed by atoms with Gasteiger partial charge in [0, 0.05) is 5.56 Å². The Balaban J connectivity index is 2.24. The molecule has 2 rings (SSSR count). The van der Waals surface area contributed by atoms with E-state index in [1.165, 1.54) is 11.3 Å². The lowest BCUT2D eigenvalue weighted by atomic mass is 10.2. The van der Waals surface area contributed by atoms with E-state index in [0.29, 0.717) is 16.3 Å². The van der Waals surface area contributed by atoms with Gasteiger partial charge in [0.2, 0.25) is 0 Å². The molecule has 0 unspecified atom stereocenters. The zero-order chi connectivity index (χ0) is 14.4. The highest BCUT2D eigenvalue weighted by Gasteiger charge is 2.14. The number of amides is 1. The number of nitrogens with two attached hydrogens (primary N) is 1. The topological polar surface area (TPSA) is 64.3 Å². The van der Waals surface area contributed by atoms with Gasteiger partial charge in [-0.15, -0.1) is 11.3 Å². The Morgan fingerprint density at radius 1 is 1.40 bits per heavy atom. The predicted molar refractivity (Wildman–Crippen MR) is 81.2 cm³/mol. The fraction of sp³-hybridized carbons (Fsp3) is 0.133. The van der Waals surface area contributed by atoms with Gasteiger partial charge in [-0.3, -0.25) is 4.79 Å². The van der Waals surface area contributed by atoms with Gasteiger partial charge in [-0.2, -0.15) is 0 Å². The fourth-order valence-corrected chi connectivity index (χ4v) is 2.40. The first kappa shape index (κ1) is 14.1. The van der Waals surface area contributed by atoms with E-state index < -0.39 is 0 Å². The lowest BCUT2D eigenvalue weighted by molar-refractivity contribution is 0.102. The molecule has 0 radical (unpaired) electrons. The van der Waals surface area contributed by atoms with E-state index in [4.69, 9.17) is 10.5 Å². The second-order valence-corrected chi connectivity index (χ2v) is 4.74. The summed E-state index contributed by atoms with van der Waals surface area (Å²) in [5, 5.41) is 4.66. The van der Waals surface area contributed by atoms with Gasteiger partial charge in [0.1, 0.15) is 10.6 Å². The number of benzene rings is 1. The Bertz CT molecular complexity index is 668. The van der Waals surface area contributed by atoms with Crippen molar-refractivity contribution in [1.82, 2.24) is 0 Å². The lowest BCUT2D eigenvalue weighted by Gasteiger charge is -2.07. The van der Waals surface area contributed by atoms with E-state index >= 15 is 0 Å². The van der Waals surface area contributed by atoms with E-state index in [2.05, 4.69) is 17.2 Å². The van der Waals surface area contributed by atoms with Gasteiger partial charge < -0.3 is 15.8 Å². The Morgan fingerprint density at radius 2 is 2.20 bits per heavy atom. The van der Waals surface area contributed by atoms with Gasteiger partial charge in [0.05, 0.1) is 19.3 Å². The van der Waals surface area contributed by atoms with E-state index in [0.717, 1.165) is 5.56 Å². The summed E-state index contributed by atoms with van der Waals surface area (Å²) in [5.74, 6) is 6.07. The van der Waals surface area contributed by atoms with E-state index in [-0.39, 0.29) is 12.5 Å². The third-order valence-corrected chi connectivity index (χ3v) is 3.45. The van der Waals surface area contributed by atoms with Crippen LogP contribution >= 0.6 is 11.3 Å². The summed E-state index contributed by atoms with van der Waals surface area (Å²) in [6, 6.07) is 9.11. The minimum atomic E-state index is -0.209. The van der Waals surface area contributed by atoms with Crippen LogP contribution in [0.3, 0.4) is 0 Å². The number of hydrogen-bond acceptors (Lipinski definition) is 4. The second kappa shape index (κ2) is 6.75. The Morgan fingerprint density at radius 3 is 2.95 bits per heavy atom. The summed E-state index contributed by atoms with van der Waals surface area (Å²) >= 11 is 1.33. The quantitative estimate of drug-likeness (QED) is 0.851. The maximum absolute atomic E-state index is 12.2. The van der Waals surface area contributed by atoms with Crippen molar-refractivity contribution in [1.29, 1.82) is 0 Å². The molecule has 0 aliphatic carbocycles. The first-order chi connectivity index (χ1) is 9.76. The van der Waals surface area contributed by atoms with Crippen molar-refractivity contribution in [3.8, 4) is 17.6 Å². The number of nitrogens with one attached hydrogen (secondary N) is 1. The molecule has 4 nitrogen and oxygen atoms in total. The summed E-state index contributed by atoms with van der Waals surface area (Å²) < 4.78 is 5.14. The van der Waals surface area contributed by atoms with Crippen LogP contribution in [0.2, 0.25) is 0 Å². The molecule has 20 heavy (non-hydrogen) atoms. The van der Waals surface area contributed by atoms with Crippen LogP contribution in [-0.2, 0) is 0 Å². The molecule has 1 aromatic carbocycles. The molecule has 0 aliphatic rings. The number of rotatable bonds is 3. The molecule has 0 spiro atoms. The zero-order valence-corrected chi connectivity index (χ0v) is 11.8. The van der Waals surface area contributed by atoms with Gasteiger partial charge in [-0.25, -0.2) is 0 Å². The molecule has 2 aromatic rings. The van der Waals surface area contributed by atoms with Crippen molar-refractivity contribution < 1.29 is 9.53 Å². The van der Waals surface area contributed by atoms with Crippen molar-refractivity contribution in [2.24, 2.45) is 5.73 Å². The standard InChI is InChI=1S/C15H14N2O2S/c1-19-13-8-10-20-14(13)15(18)17-12-7-3-2-5-11(12)6-4-9-16/h2-3,5,7-8,10H,9,16H2,1H3,(H,17,18). The molecular weight excluding hydrogens is 272 g/mol. The molecular formula is C15H14N2O2S. The van der Waals surface area contributed by atoms with Crippen molar-refractivity contribution in [2.75, 3.05) is 19.0 Å². The third kappa shape index (κ3) is 3.18. The molecule has 0 bridgehead atoms. The van der Waals surface area contributed by atoms with Crippen LogP contribution in [-0.4, -0.2) is 19.6 Å². The average Bonchev–Trinajstić information content (AvgIpc) is 2.95. The first-order valence-corrected chi connectivity index (χ1v) is 6.85. The Labute approximate surface area is 121 Å². The van der Waals surface area contributed by atoms with Crippen molar-refractivity contribution in [3.63, 3.8) is 0 Å². The number of para-hydroxylation sites is 1. The lowest BCUT2D eigenvalue weighted by Crippen LogP contribution is -2.12. The number of ether oxygens (including phenoxy) is 1. The maximum Gasteiger partial charge on any atom is 0.269 e. The summed E-state index contributed by atoms with van der Waals surface area (Å²) in [7, 11) is 1.54. The van der Waals surface area contributed by atoms with Crippen LogP contribution in [0, 0.1) is 11.8 Å². The smallest absolute Gasteiger partial charge is 0.269 e. The molecule has 3 N–H and O–H groups in total. The number of carbonyl (C=O) groups excluding carboxylic acids is 1. The molecule has 0 fully saturated rings. The number of carbonyl (C=O) groups is 1. The summed E-state index contributed by atoms with van der Waals surface area (Å²) in [6.07, 6.45) is 0. The molecule has 1 heterocycles. The van der Waals surface area contributed by atoms with Crippen LogP contribution in [0.4, 0.5) is 5.69 Å². The second-order valence-electron chi connectivity index (χ2n) is 3.82. The Kier molecular flexibility index (Phi) is 4.77. The van der Waals surface area contributed by atoms with Crippen molar-refractivity contribution in [3.05, 3.63) is 46.2 Å². The number of hydrogen-bond donors (Lipinski definition) is 2. The van der Waals surface area contributed by atoms with Crippen LogP contribution in [0.1, 0.15) is 15.2 Å². The van der Waals surface area contributed by atoms with Crippen LogP contribution < -0.4 is 15.8 Å². The molecule has 1 aromatic heterocycles. The highest BCUT2D eigenvalue weighted by Crippen LogP contribution is 2.26. The van der Waals surface area contributed by atoms with Gasteiger partial charge in [-0.05, 0) is 23.6 Å². The molecule has 1 amide bonds. The molecule has 0 atom stereocenters. The highest BCUT2D eigenvalue weighted by atomic mass is 32.1. The fourth-order valence-electron chi connectivity index (χ4n) is 1.65. The maximum atomic E-state index is 12.2. The van der Waals surface area contributed by atoms with Gasteiger partial charge in [-0.1, -0.05) is 24.0 Å². The summed E-state index contributed by atoms with van der Waals surface area (Å²) in [4.78, 5) is 12.8. The Hall–Kier alpha value is -2.29. The summed E-state index contributed by atoms with van der Waals surface area (Å²) in [6.45, 7) is 0.279. The van der Waals surface area contributed by atoms with Crippen molar-refractivity contribution >= 4 is 22.9 Å². The molecule has 0 aliphatic heterocycles. The molecule has 0 saturated carbocycles. The van der Waals surface area contributed by atoms with E-state index in [1.807, 2.05) is 23.6 Å². The normalized spacial score (nSPS) is 9.50. The largest absolute Gasteiger partial charge is 0.495 e. The highest BCUT2D eigenvalue weighted by molar-refractivity contribution is 7.12. The number of anilines is 1. The monoisotopic (exact) mass is 286 g/mol. The molecule has 102 valence electrons. The number of methoxy groups -OCH3 is 1. The zero-order valence-electron chi connectivity index (χ0n) is 11.0. The third-order valence-electron chi connectivity index (χ3n) is 2.56. The van der Waals surface area contributed by atoms with Gasteiger partial charge >= 0.3 is 0 Å². The van der Waals surface area contributed by atoms with Crippen LogP contribution in [0.5, 0.6) is 5.75 Å². The SMILES string of the molecule is COc1ccsc1C(=O)Nc1ccccc1C#CCN. The van der Waals surface area contributed by atoms with E-state index in [9.17, 15) is 4.79 Å². The van der Waals surface area contributed by atoms with Crippen molar-refractivity contribution in [2.45, 2.75) is 0 Å². The van der Waals surface area contributed by atoms with E-state index in [1.54, 1.807) is 19.2 Å². The van der Waals surface area contributed by atoms with Gasteiger partial charge in [0.25, 0.3) is 5.91 Å². The summed E-state index contributed by atoms with van der Waals surface area (Å²) in [5.41, 5.74) is 6.77. The predicted octanol–water partition coefficient (Wildman–Crippen LogP) is 2.32. The minimum absolute atomic E-state index is 0.209.